The molecule has 5 rings (SSSR count). The van der Waals surface area contributed by atoms with Crippen LogP contribution in [0, 0.1) is 0 Å². The average molecular weight is 379 g/mol. The molecule has 2 saturated heterocycles. The topological polar surface area (TPSA) is 65.6 Å². The summed E-state index contributed by atoms with van der Waals surface area (Å²) in [7, 11) is 1.65. The molecule has 1 aromatic carbocycles. The first-order chi connectivity index (χ1) is 13.5. The highest BCUT2D eigenvalue weighted by Gasteiger charge is 2.52. The van der Waals surface area contributed by atoms with E-state index >= 15 is 0 Å². The summed E-state index contributed by atoms with van der Waals surface area (Å²) in [5.74, 6) is 0.977. The highest BCUT2D eigenvalue weighted by atomic mass is 16.5. The number of benzene rings is 1. The lowest BCUT2D eigenvalue weighted by atomic mass is 9.87. The fourth-order valence-corrected chi connectivity index (χ4v) is 5.11. The molecule has 6 nitrogen and oxygen atoms in total. The Bertz CT molecular complexity index is 1020. The lowest BCUT2D eigenvalue weighted by molar-refractivity contribution is -0.162. The Morgan fingerprint density at radius 3 is 2.79 bits per heavy atom. The summed E-state index contributed by atoms with van der Waals surface area (Å²) >= 11 is 0. The van der Waals surface area contributed by atoms with Crippen molar-refractivity contribution >= 4 is 22.7 Å². The van der Waals surface area contributed by atoms with E-state index in [1.54, 1.807) is 7.11 Å². The number of amides is 2. The second kappa shape index (κ2) is 6.12. The van der Waals surface area contributed by atoms with Gasteiger partial charge in [-0.05, 0) is 44.4 Å². The van der Waals surface area contributed by atoms with Crippen LogP contribution in [0.25, 0.3) is 10.9 Å². The fourth-order valence-electron chi connectivity index (χ4n) is 5.11. The predicted octanol–water partition coefficient (Wildman–Crippen LogP) is 2.94. The lowest BCUT2D eigenvalue weighted by Crippen LogP contribution is -2.65. The molecular weight excluding hydrogens is 354 g/mol. The van der Waals surface area contributed by atoms with E-state index in [-0.39, 0.29) is 23.9 Å². The van der Waals surface area contributed by atoms with E-state index in [1.165, 1.54) is 0 Å². The minimum atomic E-state index is -0.420. The maximum atomic E-state index is 13.4. The second-order valence-electron chi connectivity index (χ2n) is 8.27. The Morgan fingerprint density at radius 1 is 1.21 bits per heavy atom. The molecule has 2 fully saturated rings. The van der Waals surface area contributed by atoms with Crippen molar-refractivity contribution in [1.29, 1.82) is 0 Å². The van der Waals surface area contributed by atoms with Crippen LogP contribution in [0.2, 0.25) is 0 Å². The van der Waals surface area contributed by atoms with Crippen LogP contribution in [0.1, 0.15) is 44.0 Å². The van der Waals surface area contributed by atoms with Gasteiger partial charge in [0.1, 0.15) is 17.8 Å². The number of H-pyrrole nitrogens is 1. The van der Waals surface area contributed by atoms with Crippen LogP contribution >= 0.6 is 0 Å². The van der Waals surface area contributed by atoms with E-state index in [4.69, 9.17) is 4.74 Å². The summed E-state index contributed by atoms with van der Waals surface area (Å²) in [6, 6.07) is 5.03. The van der Waals surface area contributed by atoms with E-state index in [9.17, 15) is 9.59 Å². The number of rotatable bonds is 2. The van der Waals surface area contributed by atoms with Gasteiger partial charge in [0.2, 0.25) is 11.8 Å². The molecule has 6 heteroatoms. The first-order valence-electron chi connectivity index (χ1n) is 9.95. The van der Waals surface area contributed by atoms with E-state index in [0.29, 0.717) is 13.0 Å². The summed E-state index contributed by atoms with van der Waals surface area (Å²) in [5, 5.41) is 1.10. The summed E-state index contributed by atoms with van der Waals surface area (Å²) in [5.41, 5.74) is 4.27. The predicted molar refractivity (Wildman–Crippen MR) is 106 cm³/mol. The summed E-state index contributed by atoms with van der Waals surface area (Å²) in [6.45, 7) is 4.77. The molecule has 0 spiro atoms. The van der Waals surface area contributed by atoms with Crippen LogP contribution in [0.5, 0.6) is 5.75 Å². The summed E-state index contributed by atoms with van der Waals surface area (Å²) in [4.78, 5) is 33.8. The Labute approximate surface area is 164 Å². The van der Waals surface area contributed by atoms with Crippen molar-refractivity contribution in [2.24, 2.45) is 0 Å². The Hall–Kier alpha value is -2.76. The molecule has 1 aromatic heterocycles. The number of piperazine rings is 1. The zero-order chi connectivity index (χ0) is 19.6. The minimum absolute atomic E-state index is 0.0893. The van der Waals surface area contributed by atoms with Crippen molar-refractivity contribution in [3.63, 3.8) is 0 Å². The molecule has 0 unspecified atom stereocenters. The number of ether oxygens (including phenoxy) is 1. The molecule has 3 atom stereocenters. The molecule has 1 N–H and O–H groups in total. The molecule has 0 aliphatic carbocycles. The Kier molecular flexibility index (Phi) is 3.79. The average Bonchev–Trinajstić information content (AvgIpc) is 3.30. The van der Waals surface area contributed by atoms with Gasteiger partial charge in [0, 0.05) is 35.6 Å². The standard InChI is InChI=1S/C22H25N3O3/c1-12(2)9-18-20-15(14-7-6-13(28-3)10-16(14)23-20)11-19-21(26)24-8-4-5-17(24)22(27)25(18)19/h6-7,9-10,17-19,23H,4-5,8,11H2,1-3H3/t17-,18+,19+/m1/s1. The first-order valence-corrected chi connectivity index (χ1v) is 9.95. The molecule has 2 amide bonds. The van der Waals surface area contributed by atoms with E-state index in [2.05, 4.69) is 11.1 Å². The van der Waals surface area contributed by atoms with Crippen molar-refractivity contribution in [1.82, 2.24) is 14.8 Å². The molecule has 28 heavy (non-hydrogen) atoms. The van der Waals surface area contributed by atoms with Gasteiger partial charge in [-0.2, -0.15) is 0 Å². The fraction of sp³-hybridized carbons (Fsp3) is 0.455. The van der Waals surface area contributed by atoms with Crippen LogP contribution in [-0.2, 0) is 16.0 Å². The third-order valence-electron chi connectivity index (χ3n) is 6.33. The highest BCUT2D eigenvalue weighted by Crippen LogP contribution is 2.43. The quantitative estimate of drug-likeness (QED) is 0.816. The van der Waals surface area contributed by atoms with Gasteiger partial charge in [-0.15, -0.1) is 0 Å². The SMILES string of the molecule is COc1ccc2c3c([nH]c2c1)[C@H](C=C(C)C)N1C(=O)[C@H]2CCCN2C(=O)[C@@H]1C3. The van der Waals surface area contributed by atoms with E-state index in [1.807, 2.05) is 41.8 Å². The number of hydrogen-bond donors (Lipinski definition) is 1. The van der Waals surface area contributed by atoms with Gasteiger partial charge in [0.25, 0.3) is 0 Å². The number of allylic oxidation sites excluding steroid dienone is 1. The zero-order valence-corrected chi connectivity index (χ0v) is 16.5. The van der Waals surface area contributed by atoms with Crippen LogP contribution in [-0.4, -0.2) is 52.3 Å². The number of carbonyl (C=O) groups is 2. The molecule has 0 saturated carbocycles. The molecule has 0 radical (unpaired) electrons. The van der Waals surface area contributed by atoms with E-state index in [0.717, 1.165) is 46.3 Å². The van der Waals surface area contributed by atoms with Gasteiger partial charge in [0.15, 0.2) is 0 Å². The molecule has 146 valence electrons. The van der Waals surface area contributed by atoms with Crippen molar-refractivity contribution in [3.8, 4) is 5.75 Å². The molecule has 4 heterocycles. The molecule has 3 aliphatic rings. The Balaban J connectivity index is 1.70. The maximum absolute atomic E-state index is 13.4. The molecular formula is C22H25N3O3. The van der Waals surface area contributed by atoms with Crippen LogP contribution in [0.3, 0.4) is 0 Å². The number of hydrogen-bond acceptors (Lipinski definition) is 3. The van der Waals surface area contributed by atoms with Crippen LogP contribution in [0.4, 0.5) is 0 Å². The molecule has 0 bridgehead atoms. The first kappa shape index (κ1) is 17.3. The number of methoxy groups -OCH3 is 1. The van der Waals surface area contributed by atoms with Crippen molar-refractivity contribution in [2.45, 2.75) is 51.2 Å². The number of aromatic amines is 1. The third kappa shape index (κ3) is 2.33. The number of nitrogens with one attached hydrogen (secondary N) is 1. The Morgan fingerprint density at radius 2 is 2.04 bits per heavy atom. The van der Waals surface area contributed by atoms with E-state index < -0.39 is 6.04 Å². The van der Waals surface area contributed by atoms with Crippen molar-refractivity contribution in [2.75, 3.05) is 13.7 Å². The summed E-state index contributed by atoms with van der Waals surface area (Å²) < 4.78 is 5.37. The maximum Gasteiger partial charge on any atom is 0.246 e. The largest absolute Gasteiger partial charge is 0.497 e. The highest BCUT2D eigenvalue weighted by molar-refractivity contribution is 5.99. The number of carbonyl (C=O) groups excluding carboxylic acids is 2. The van der Waals surface area contributed by atoms with Crippen LogP contribution < -0.4 is 4.74 Å². The van der Waals surface area contributed by atoms with Gasteiger partial charge in [0.05, 0.1) is 13.2 Å². The van der Waals surface area contributed by atoms with Gasteiger partial charge >= 0.3 is 0 Å². The van der Waals surface area contributed by atoms with Gasteiger partial charge in [-0.3, -0.25) is 9.59 Å². The van der Waals surface area contributed by atoms with Crippen molar-refractivity contribution < 1.29 is 14.3 Å². The minimum Gasteiger partial charge on any atom is -0.497 e. The smallest absolute Gasteiger partial charge is 0.246 e. The second-order valence-corrected chi connectivity index (χ2v) is 8.27. The van der Waals surface area contributed by atoms with Gasteiger partial charge in [-0.25, -0.2) is 0 Å². The van der Waals surface area contributed by atoms with Crippen molar-refractivity contribution in [3.05, 3.63) is 41.1 Å². The third-order valence-corrected chi connectivity index (χ3v) is 6.33. The molecule has 2 aromatic rings. The number of nitrogens with zero attached hydrogens (tertiary/aromatic N) is 2. The number of fused-ring (bicyclic) bond motifs is 5. The lowest BCUT2D eigenvalue weighted by Gasteiger charge is -2.47. The normalized spacial score (nSPS) is 26.2. The molecule has 3 aliphatic heterocycles. The van der Waals surface area contributed by atoms with Gasteiger partial charge < -0.3 is 19.5 Å². The zero-order valence-electron chi connectivity index (χ0n) is 16.5. The number of aromatic nitrogens is 1. The van der Waals surface area contributed by atoms with Crippen LogP contribution in [0.15, 0.2) is 29.8 Å². The monoisotopic (exact) mass is 379 g/mol. The summed E-state index contributed by atoms with van der Waals surface area (Å²) in [6.07, 6.45) is 4.34. The van der Waals surface area contributed by atoms with Gasteiger partial charge in [-0.1, -0.05) is 11.6 Å².